The van der Waals surface area contributed by atoms with Crippen LogP contribution < -0.4 is 16.4 Å². The molecule has 7 heteroatoms. The number of carbonyl (C=O) groups is 2. The van der Waals surface area contributed by atoms with Gasteiger partial charge in [-0.15, -0.1) is 0 Å². The van der Waals surface area contributed by atoms with E-state index in [-0.39, 0.29) is 17.7 Å². The molecule has 7 nitrogen and oxygen atoms in total. The minimum atomic E-state index is -0.515. The molecule has 3 heterocycles. The molecule has 1 aliphatic carbocycles. The Bertz CT molecular complexity index is 549. The van der Waals surface area contributed by atoms with E-state index in [0.717, 1.165) is 25.9 Å². The summed E-state index contributed by atoms with van der Waals surface area (Å²) in [5, 5.41) is 6.32. The van der Waals surface area contributed by atoms with Crippen LogP contribution in [0.5, 0.6) is 0 Å². The Kier molecular flexibility index (Phi) is 4.62. The van der Waals surface area contributed by atoms with Gasteiger partial charge in [0.05, 0.1) is 22.7 Å². The predicted octanol–water partition coefficient (Wildman–Crippen LogP) is -0.154. The normalized spacial score (nSPS) is 33.8. The van der Waals surface area contributed by atoms with E-state index in [4.69, 9.17) is 10.5 Å². The highest BCUT2D eigenvalue weighted by atomic mass is 16.5. The van der Waals surface area contributed by atoms with Crippen molar-refractivity contribution in [2.75, 3.05) is 33.7 Å². The van der Waals surface area contributed by atoms with Crippen molar-refractivity contribution in [2.45, 2.75) is 56.8 Å². The van der Waals surface area contributed by atoms with Crippen molar-refractivity contribution in [3.8, 4) is 0 Å². The van der Waals surface area contributed by atoms with Crippen LogP contribution in [0.2, 0.25) is 0 Å². The zero-order valence-electron chi connectivity index (χ0n) is 15.9. The summed E-state index contributed by atoms with van der Waals surface area (Å²) >= 11 is 0. The molecule has 3 saturated heterocycles. The molecule has 1 spiro atoms. The van der Waals surface area contributed by atoms with Crippen molar-refractivity contribution >= 4 is 11.8 Å². The summed E-state index contributed by atoms with van der Waals surface area (Å²) in [7, 11) is 3.63. The van der Waals surface area contributed by atoms with Gasteiger partial charge in [-0.3, -0.25) is 9.59 Å². The first-order chi connectivity index (χ1) is 11.7. The van der Waals surface area contributed by atoms with E-state index < -0.39 is 22.7 Å². The molecule has 4 N–H and O–H groups in total. The summed E-state index contributed by atoms with van der Waals surface area (Å²) in [5.41, 5.74) is 4.67. The van der Waals surface area contributed by atoms with E-state index in [1.165, 1.54) is 0 Å². The van der Waals surface area contributed by atoms with Gasteiger partial charge in [0.2, 0.25) is 11.8 Å². The Balaban J connectivity index is 1.74. The van der Waals surface area contributed by atoms with Crippen molar-refractivity contribution in [3.63, 3.8) is 0 Å². The lowest BCUT2D eigenvalue weighted by molar-refractivity contribution is -0.149. The number of nitrogens with one attached hydrogen (secondary N) is 2. The zero-order valence-corrected chi connectivity index (χ0v) is 15.9. The third kappa shape index (κ3) is 2.76. The largest absolute Gasteiger partial charge is 0.365 e. The number of hydrogen-bond acceptors (Lipinski definition) is 5. The van der Waals surface area contributed by atoms with E-state index >= 15 is 0 Å². The van der Waals surface area contributed by atoms with Crippen molar-refractivity contribution < 1.29 is 14.3 Å². The number of carbonyl (C=O) groups excluding carboxylic acids is 2. The Morgan fingerprint density at radius 3 is 2.36 bits per heavy atom. The first-order valence-electron chi connectivity index (χ1n) is 9.33. The standard InChI is InChI=1S/C18H32N4O3/c1-12(2)13(19)14(23)21-11-16-9-17(10-16,15(24)22(3)4)18(25-16)5-7-20-8-6-18/h12-13,20H,5-11,19H2,1-4H3,(H,21,23)/t13-,16?,17?/m0/s1. The highest BCUT2D eigenvalue weighted by Crippen LogP contribution is 2.69. The van der Waals surface area contributed by atoms with E-state index in [2.05, 4.69) is 10.6 Å². The predicted molar refractivity (Wildman–Crippen MR) is 94.8 cm³/mol. The minimum absolute atomic E-state index is 0.0913. The lowest BCUT2D eigenvalue weighted by atomic mass is 9.53. The van der Waals surface area contributed by atoms with Crippen LogP contribution in [0.4, 0.5) is 0 Å². The number of amides is 2. The van der Waals surface area contributed by atoms with Gasteiger partial charge in [-0.2, -0.15) is 0 Å². The summed E-state index contributed by atoms with van der Waals surface area (Å²) in [6, 6.07) is -0.515. The molecule has 2 bridgehead atoms. The summed E-state index contributed by atoms with van der Waals surface area (Å²) in [5.74, 6) is 0.108. The van der Waals surface area contributed by atoms with E-state index in [1.54, 1.807) is 4.90 Å². The molecule has 4 rings (SSSR count). The van der Waals surface area contributed by atoms with Crippen molar-refractivity contribution in [1.29, 1.82) is 0 Å². The second kappa shape index (κ2) is 6.21. The molecule has 4 aliphatic rings. The van der Waals surface area contributed by atoms with Gasteiger partial charge in [-0.05, 0) is 44.7 Å². The average Bonchev–Trinajstić information content (AvgIpc) is 2.95. The van der Waals surface area contributed by atoms with Gasteiger partial charge in [0.1, 0.15) is 0 Å². The molecular weight excluding hydrogens is 320 g/mol. The van der Waals surface area contributed by atoms with Crippen LogP contribution in [0, 0.1) is 11.3 Å². The van der Waals surface area contributed by atoms with E-state index in [9.17, 15) is 9.59 Å². The second-order valence-electron chi connectivity index (χ2n) is 8.65. The van der Waals surface area contributed by atoms with Gasteiger partial charge in [-0.1, -0.05) is 13.8 Å². The van der Waals surface area contributed by atoms with Gasteiger partial charge >= 0.3 is 0 Å². The molecule has 3 aliphatic heterocycles. The first kappa shape index (κ1) is 18.6. The average molecular weight is 352 g/mol. The molecule has 0 aromatic heterocycles. The zero-order chi connectivity index (χ0) is 18.5. The Hall–Kier alpha value is -1.18. The van der Waals surface area contributed by atoms with Gasteiger partial charge in [-0.25, -0.2) is 0 Å². The minimum Gasteiger partial charge on any atom is -0.365 e. The summed E-state index contributed by atoms with van der Waals surface area (Å²) in [4.78, 5) is 26.9. The van der Waals surface area contributed by atoms with Crippen LogP contribution in [0.25, 0.3) is 0 Å². The number of rotatable bonds is 5. The molecule has 0 radical (unpaired) electrons. The monoisotopic (exact) mass is 352 g/mol. The summed E-state index contributed by atoms with van der Waals surface area (Å²) in [6.45, 7) is 6.03. The molecular formula is C18H32N4O3. The van der Waals surface area contributed by atoms with Gasteiger partial charge in [0, 0.05) is 20.6 Å². The third-order valence-corrected chi connectivity index (χ3v) is 6.36. The SMILES string of the molecule is CC(C)[C@H](N)C(=O)NCC12CC(C(=O)N(C)C)(C1)C1(CCNCC1)O2. The number of piperidine rings is 1. The number of hydrogen-bond donors (Lipinski definition) is 3. The second-order valence-corrected chi connectivity index (χ2v) is 8.65. The van der Waals surface area contributed by atoms with E-state index in [1.807, 2.05) is 27.9 Å². The molecule has 0 aromatic carbocycles. The van der Waals surface area contributed by atoms with Gasteiger partial charge < -0.3 is 26.0 Å². The lowest BCUT2D eigenvalue weighted by Gasteiger charge is -2.49. The topological polar surface area (TPSA) is 96.7 Å². The van der Waals surface area contributed by atoms with Crippen molar-refractivity contribution in [1.82, 2.24) is 15.5 Å². The molecule has 4 fully saturated rings. The quantitative estimate of drug-likeness (QED) is 0.639. The first-order valence-corrected chi connectivity index (χ1v) is 9.33. The highest BCUT2D eigenvalue weighted by Gasteiger charge is 2.77. The van der Waals surface area contributed by atoms with Crippen molar-refractivity contribution in [3.05, 3.63) is 0 Å². The highest BCUT2D eigenvalue weighted by molar-refractivity contribution is 5.87. The van der Waals surface area contributed by atoms with Gasteiger partial charge in [0.25, 0.3) is 0 Å². The fourth-order valence-corrected chi connectivity index (χ4v) is 4.97. The molecule has 0 aromatic rings. The Morgan fingerprint density at radius 1 is 1.24 bits per heavy atom. The van der Waals surface area contributed by atoms with Crippen LogP contribution in [0.1, 0.15) is 39.5 Å². The number of nitrogens with zero attached hydrogens (tertiary/aromatic N) is 1. The smallest absolute Gasteiger partial charge is 0.237 e. The van der Waals surface area contributed by atoms with Crippen LogP contribution in [0.3, 0.4) is 0 Å². The Morgan fingerprint density at radius 2 is 1.84 bits per heavy atom. The molecule has 1 atom stereocenters. The maximum absolute atomic E-state index is 13.0. The Labute approximate surface area is 150 Å². The van der Waals surface area contributed by atoms with Crippen LogP contribution in [-0.2, 0) is 14.3 Å². The van der Waals surface area contributed by atoms with Crippen LogP contribution >= 0.6 is 0 Å². The molecule has 0 unspecified atom stereocenters. The molecule has 2 amide bonds. The maximum atomic E-state index is 13.0. The van der Waals surface area contributed by atoms with Crippen LogP contribution in [-0.4, -0.2) is 67.7 Å². The number of ether oxygens (including phenoxy) is 1. The fourth-order valence-electron chi connectivity index (χ4n) is 4.97. The van der Waals surface area contributed by atoms with Crippen LogP contribution in [0.15, 0.2) is 0 Å². The lowest BCUT2D eigenvalue weighted by Crippen LogP contribution is -2.62. The van der Waals surface area contributed by atoms with E-state index in [0.29, 0.717) is 19.4 Å². The summed E-state index contributed by atoms with van der Waals surface area (Å²) in [6.07, 6.45) is 3.06. The van der Waals surface area contributed by atoms with Crippen molar-refractivity contribution in [2.24, 2.45) is 17.1 Å². The third-order valence-electron chi connectivity index (χ3n) is 6.36. The maximum Gasteiger partial charge on any atom is 0.237 e. The van der Waals surface area contributed by atoms with Gasteiger partial charge in [0.15, 0.2) is 0 Å². The molecule has 25 heavy (non-hydrogen) atoms. The number of nitrogens with two attached hydrogens (primary N) is 1. The summed E-state index contributed by atoms with van der Waals surface area (Å²) < 4.78 is 6.57. The molecule has 142 valence electrons. The fraction of sp³-hybridized carbons (Fsp3) is 0.889. The molecule has 1 saturated carbocycles.